The summed E-state index contributed by atoms with van der Waals surface area (Å²) in [4.78, 5) is 18.8. The number of hydrogen-bond donors (Lipinski definition) is 0. The number of para-hydroxylation sites is 1. The molecule has 0 fully saturated rings. The van der Waals surface area contributed by atoms with E-state index in [-0.39, 0.29) is 5.56 Å². The topological polar surface area (TPSA) is 81.0 Å². The van der Waals surface area contributed by atoms with E-state index in [0.717, 1.165) is 11.3 Å². The van der Waals surface area contributed by atoms with Crippen molar-refractivity contribution in [3.05, 3.63) is 70.5 Å². The Morgan fingerprint density at radius 1 is 0.800 bits per heavy atom. The van der Waals surface area contributed by atoms with Crippen molar-refractivity contribution in [2.45, 2.75) is 10.9 Å². The molecule has 0 N–H and O–H groups in total. The standard InChI is InChI=1S/C26H26N2O6S/c1-30-18-11-8-10-17(13-18)28-25(29)19-14-21(32-3)23(33-4)24(34-5)22(19)27-26(28)35-15-16-9-6-7-12-20(16)31-2/h6-14H,15H2,1-5H3. The summed E-state index contributed by atoms with van der Waals surface area (Å²) < 4.78 is 29.0. The van der Waals surface area contributed by atoms with Gasteiger partial charge in [-0.05, 0) is 24.3 Å². The van der Waals surface area contributed by atoms with E-state index >= 15 is 0 Å². The lowest BCUT2D eigenvalue weighted by Crippen LogP contribution is -2.22. The first-order chi connectivity index (χ1) is 17.1. The number of thioether (sulfide) groups is 1. The van der Waals surface area contributed by atoms with E-state index < -0.39 is 0 Å². The Bertz CT molecular complexity index is 1420. The molecule has 4 aromatic rings. The van der Waals surface area contributed by atoms with Crippen molar-refractivity contribution in [3.63, 3.8) is 0 Å². The highest BCUT2D eigenvalue weighted by Crippen LogP contribution is 2.42. The van der Waals surface area contributed by atoms with Crippen LogP contribution in [0.15, 0.2) is 64.5 Å². The van der Waals surface area contributed by atoms with Gasteiger partial charge in [0.15, 0.2) is 16.7 Å². The number of nitrogens with zero attached hydrogens (tertiary/aromatic N) is 2. The summed E-state index contributed by atoms with van der Waals surface area (Å²) in [6.45, 7) is 0. The molecule has 8 nitrogen and oxygen atoms in total. The summed E-state index contributed by atoms with van der Waals surface area (Å²) in [7, 11) is 7.75. The van der Waals surface area contributed by atoms with Crippen LogP contribution >= 0.6 is 11.8 Å². The number of aromatic nitrogens is 2. The summed E-state index contributed by atoms with van der Waals surface area (Å²) in [6.07, 6.45) is 0. The van der Waals surface area contributed by atoms with Crippen molar-refractivity contribution < 1.29 is 23.7 Å². The normalized spacial score (nSPS) is 10.8. The molecule has 0 aliphatic rings. The van der Waals surface area contributed by atoms with E-state index in [4.69, 9.17) is 28.7 Å². The first-order valence-corrected chi connectivity index (χ1v) is 11.7. The van der Waals surface area contributed by atoms with Crippen molar-refractivity contribution in [3.8, 4) is 34.4 Å². The predicted octanol–water partition coefficient (Wildman–Crippen LogP) is 4.72. The average Bonchev–Trinajstić information content (AvgIpc) is 2.90. The summed E-state index contributed by atoms with van der Waals surface area (Å²) >= 11 is 1.41. The molecule has 0 saturated carbocycles. The van der Waals surface area contributed by atoms with Crippen LogP contribution in [0.3, 0.4) is 0 Å². The van der Waals surface area contributed by atoms with Gasteiger partial charge in [0.25, 0.3) is 5.56 Å². The lowest BCUT2D eigenvalue weighted by molar-refractivity contribution is 0.326. The number of ether oxygens (including phenoxy) is 5. The zero-order valence-corrected chi connectivity index (χ0v) is 21.0. The predicted molar refractivity (Wildman–Crippen MR) is 136 cm³/mol. The molecule has 1 heterocycles. The Kier molecular flexibility index (Phi) is 7.36. The minimum absolute atomic E-state index is 0.273. The minimum atomic E-state index is -0.273. The Morgan fingerprint density at radius 3 is 2.23 bits per heavy atom. The van der Waals surface area contributed by atoms with Crippen LogP contribution in [0.1, 0.15) is 5.56 Å². The third-order valence-electron chi connectivity index (χ3n) is 5.50. The number of benzene rings is 3. The molecule has 182 valence electrons. The highest BCUT2D eigenvalue weighted by atomic mass is 32.2. The Hall–Kier alpha value is -3.85. The molecule has 0 aliphatic carbocycles. The van der Waals surface area contributed by atoms with Gasteiger partial charge in [0.05, 0.1) is 46.6 Å². The second-order valence-corrected chi connectivity index (χ2v) is 8.32. The number of hydrogen-bond acceptors (Lipinski definition) is 8. The molecular formula is C26H26N2O6S. The fourth-order valence-corrected chi connectivity index (χ4v) is 4.80. The molecule has 0 amide bonds. The lowest BCUT2D eigenvalue weighted by atomic mass is 10.2. The number of fused-ring (bicyclic) bond motifs is 1. The highest BCUT2D eigenvalue weighted by Gasteiger charge is 2.23. The van der Waals surface area contributed by atoms with Gasteiger partial charge in [-0.15, -0.1) is 0 Å². The molecular weight excluding hydrogens is 468 g/mol. The average molecular weight is 495 g/mol. The van der Waals surface area contributed by atoms with E-state index in [1.54, 1.807) is 30.9 Å². The van der Waals surface area contributed by atoms with Crippen molar-refractivity contribution in [1.29, 1.82) is 0 Å². The maximum atomic E-state index is 13.9. The first kappa shape index (κ1) is 24.3. The van der Waals surface area contributed by atoms with Crippen LogP contribution in [0, 0.1) is 0 Å². The Balaban J connectivity index is 1.98. The Labute approximate surface area is 207 Å². The summed E-state index contributed by atoms with van der Waals surface area (Å²) in [6, 6.07) is 16.6. The molecule has 0 atom stereocenters. The minimum Gasteiger partial charge on any atom is -0.497 e. The van der Waals surface area contributed by atoms with E-state index in [1.807, 2.05) is 42.5 Å². The molecule has 0 radical (unpaired) electrons. The van der Waals surface area contributed by atoms with E-state index in [9.17, 15) is 4.79 Å². The van der Waals surface area contributed by atoms with E-state index in [1.165, 1.54) is 33.1 Å². The van der Waals surface area contributed by atoms with Gasteiger partial charge in [0, 0.05) is 17.4 Å². The van der Waals surface area contributed by atoms with E-state index in [2.05, 4.69) is 0 Å². The molecule has 1 aromatic heterocycles. The third kappa shape index (κ3) is 4.59. The Morgan fingerprint density at radius 2 is 1.54 bits per heavy atom. The fourth-order valence-electron chi connectivity index (χ4n) is 3.81. The van der Waals surface area contributed by atoms with Gasteiger partial charge >= 0.3 is 0 Å². The summed E-state index contributed by atoms with van der Waals surface area (Å²) in [5.41, 5.74) is 1.72. The second kappa shape index (κ2) is 10.6. The first-order valence-electron chi connectivity index (χ1n) is 10.7. The monoisotopic (exact) mass is 494 g/mol. The maximum absolute atomic E-state index is 13.9. The summed E-state index contributed by atoms with van der Waals surface area (Å²) in [5.74, 6) is 2.99. The number of methoxy groups -OCH3 is 5. The largest absolute Gasteiger partial charge is 0.497 e. The van der Waals surface area contributed by atoms with Gasteiger partial charge in [-0.1, -0.05) is 36.0 Å². The molecule has 0 unspecified atom stereocenters. The highest BCUT2D eigenvalue weighted by molar-refractivity contribution is 7.98. The fraction of sp³-hybridized carbons (Fsp3) is 0.231. The van der Waals surface area contributed by atoms with Gasteiger partial charge in [0.1, 0.15) is 17.0 Å². The molecule has 0 saturated heterocycles. The molecule has 35 heavy (non-hydrogen) atoms. The smallest absolute Gasteiger partial charge is 0.266 e. The van der Waals surface area contributed by atoms with Crippen LogP contribution in [-0.4, -0.2) is 45.1 Å². The molecule has 0 aliphatic heterocycles. The van der Waals surface area contributed by atoms with E-state index in [0.29, 0.717) is 50.5 Å². The van der Waals surface area contributed by atoms with Crippen LogP contribution in [0.5, 0.6) is 28.7 Å². The van der Waals surface area contributed by atoms with Crippen LogP contribution in [0.25, 0.3) is 16.6 Å². The van der Waals surface area contributed by atoms with Crippen molar-refractivity contribution >= 4 is 22.7 Å². The van der Waals surface area contributed by atoms with Gasteiger partial charge in [0.2, 0.25) is 5.75 Å². The van der Waals surface area contributed by atoms with Crippen LogP contribution in [0.2, 0.25) is 0 Å². The van der Waals surface area contributed by atoms with Crippen molar-refractivity contribution in [2.24, 2.45) is 0 Å². The van der Waals surface area contributed by atoms with Gasteiger partial charge in [-0.3, -0.25) is 9.36 Å². The summed E-state index contributed by atoms with van der Waals surface area (Å²) in [5, 5.41) is 0.816. The van der Waals surface area contributed by atoms with Crippen LogP contribution in [-0.2, 0) is 5.75 Å². The van der Waals surface area contributed by atoms with Gasteiger partial charge in [-0.25, -0.2) is 4.98 Å². The second-order valence-electron chi connectivity index (χ2n) is 7.38. The molecule has 4 rings (SSSR count). The van der Waals surface area contributed by atoms with Gasteiger partial charge < -0.3 is 23.7 Å². The zero-order chi connectivity index (χ0) is 24.9. The van der Waals surface area contributed by atoms with Gasteiger partial charge in [-0.2, -0.15) is 0 Å². The van der Waals surface area contributed by atoms with Crippen molar-refractivity contribution in [1.82, 2.24) is 9.55 Å². The zero-order valence-electron chi connectivity index (χ0n) is 20.2. The SMILES string of the molecule is COc1cccc(-n2c(SCc3ccccc3OC)nc3c(OC)c(OC)c(OC)cc3c2=O)c1. The van der Waals surface area contributed by atoms with Crippen molar-refractivity contribution in [2.75, 3.05) is 35.5 Å². The molecule has 0 spiro atoms. The molecule has 3 aromatic carbocycles. The van der Waals surface area contributed by atoms with Crippen LogP contribution < -0.4 is 29.2 Å². The number of rotatable bonds is 9. The maximum Gasteiger partial charge on any atom is 0.266 e. The van der Waals surface area contributed by atoms with Crippen LogP contribution in [0.4, 0.5) is 0 Å². The molecule has 0 bridgehead atoms. The third-order valence-corrected chi connectivity index (χ3v) is 6.48. The molecule has 9 heteroatoms. The lowest BCUT2D eigenvalue weighted by Gasteiger charge is -2.18. The quantitative estimate of drug-likeness (QED) is 0.244.